The lowest BCUT2D eigenvalue weighted by molar-refractivity contribution is -0.144. The average molecular weight is 140 g/mol. The summed E-state index contributed by atoms with van der Waals surface area (Å²) in [7, 11) is 0. The highest BCUT2D eigenvalue weighted by molar-refractivity contribution is 5.80. The zero-order valence-electron chi connectivity index (χ0n) is 5.45. The first-order chi connectivity index (χ1) is 4.86. The Bertz CT molecular complexity index is 175. The maximum atomic E-state index is 10.8. The maximum absolute atomic E-state index is 10.8. The number of hydrogen-bond donors (Lipinski definition) is 0. The molecule has 0 spiro atoms. The van der Waals surface area contributed by atoms with Crippen molar-refractivity contribution < 1.29 is 14.3 Å². The molecule has 54 valence electrons. The van der Waals surface area contributed by atoms with Crippen molar-refractivity contribution in [2.24, 2.45) is 5.92 Å². The molecule has 1 aliphatic carbocycles. The summed E-state index contributed by atoms with van der Waals surface area (Å²) < 4.78 is 9.72. The van der Waals surface area contributed by atoms with Gasteiger partial charge in [0.2, 0.25) is 0 Å². The molecule has 2 rings (SSSR count). The molecule has 0 aromatic heterocycles. The van der Waals surface area contributed by atoms with Crippen molar-refractivity contribution in [3.8, 4) is 0 Å². The largest absolute Gasteiger partial charge is 0.462 e. The van der Waals surface area contributed by atoms with E-state index in [1.807, 2.05) is 12.2 Å². The Morgan fingerprint density at radius 2 is 2.40 bits per heavy atom. The lowest BCUT2D eigenvalue weighted by Crippen LogP contribution is -2.11. The van der Waals surface area contributed by atoms with Crippen LogP contribution in [0.2, 0.25) is 0 Å². The molecule has 1 aliphatic heterocycles. The second-order valence-corrected chi connectivity index (χ2v) is 2.50. The van der Waals surface area contributed by atoms with Gasteiger partial charge in [-0.15, -0.1) is 0 Å². The summed E-state index contributed by atoms with van der Waals surface area (Å²) in [4.78, 5) is 10.8. The Labute approximate surface area is 58.6 Å². The number of carbonyl (C=O) groups excluding carboxylic acids is 1. The highest BCUT2D eigenvalue weighted by atomic mass is 16.6. The number of rotatable bonds is 3. The molecule has 2 aliphatic rings. The van der Waals surface area contributed by atoms with Crippen molar-refractivity contribution >= 4 is 5.97 Å². The van der Waals surface area contributed by atoms with Crippen molar-refractivity contribution in [3.63, 3.8) is 0 Å². The smallest absolute Gasteiger partial charge is 0.316 e. The molecule has 10 heavy (non-hydrogen) atoms. The van der Waals surface area contributed by atoms with E-state index < -0.39 is 0 Å². The first-order valence-electron chi connectivity index (χ1n) is 3.33. The van der Waals surface area contributed by atoms with E-state index >= 15 is 0 Å². The molecule has 0 aromatic carbocycles. The molecule has 3 heteroatoms. The summed E-state index contributed by atoms with van der Waals surface area (Å²) in [6, 6.07) is 0. The van der Waals surface area contributed by atoms with Gasteiger partial charge in [-0.1, -0.05) is 12.2 Å². The minimum atomic E-state index is -0.143. The first-order valence-corrected chi connectivity index (χ1v) is 3.33. The summed E-state index contributed by atoms with van der Waals surface area (Å²) in [6.45, 7) is 1.17. The van der Waals surface area contributed by atoms with Gasteiger partial charge in [0.25, 0.3) is 0 Å². The van der Waals surface area contributed by atoms with Gasteiger partial charge >= 0.3 is 5.97 Å². The Hall–Kier alpha value is -0.830. The van der Waals surface area contributed by atoms with Gasteiger partial charge in [0, 0.05) is 0 Å². The summed E-state index contributed by atoms with van der Waals surface area (Å²) in [5, 5.41) is 0. The molecule has 1 saturated heterocycles. The minimum absolute atomic E-state index is 0.0289. The third-order valence-corrected chi connectivity index (χ3v) is 1.47. The van der Waals surface area contributed by atoms with Gasteiger partial charge in [0.1, 0.15) is 12.7 Å². The maximum Gasteiger partial charge on any atom is 0.316 e. The highest BCUT2D eigenvalue weighted by Gasteiger charge is 2.27. The van der Waals surface area contributed by atoms with Crippen LogP contribution in [0.3, 0.4) is 0 Å². The molecule has 1 atom stereocenters. The normalized spacial score (nSPS) is 28.2. The number of hydrogen-bond acceptors (Lipinski definition) is 3. The molecular formula is C7H8O3. The van der Waals surface area contributed by atoms with Crippen molar-refractivity contribution in [1.29, 1.82) is 0 Å². The van der Waals surface area contributed by atoms with E-state index in [2.05, 4.69) is 0 Å². The zero-order valence-corrected chi connectivity index (χ0v) is 5.45. The average Bonchev–Trinajstić information content (AvgIpc) is 2.76. The number of ether oxygens (including phenoxy) is 2. The Morgan fingerprint density at radius 1 is 1.70 bits per heavy atom. The molecule has 0 bridgehead atoms. The summed E-state index contributed by atoms with van der Waals surface area (Å²) in [5.41, 5.74) is 0. The van der Waals surface area contributed by atoms with E-state index in [0.717, 1.165) is 6.61 Å². The fourth-order valence-electron chi connectivity index (χ4n) is 0.648. The van der Waals surface area contributed by atoms with Crippen LogP contribution in [0.5, 0.6) is 0 Å². The first kappa shape index (κ1) is 5.92. The predicted molar refractivity (Wildman–Crippen MR) is 33.3 cm³/mol. The molecule has 0 aromatic rings. The molecular weight excluding hydrogens is 132 g/mol. The van der Waals surface area contributed by atoms with Crippen LogP contribution in [0.25, 0.3) is 0 Å². The molecule has 1 heterocycles. The van der Waals surface area contributed by atoms with E-state index in [1.165, 1.54) is 0 Å². The van der Waals surface area contributed by atoms with Crippen molar-refractivity contribution in [1.82, 2.24) is 0 Å². The molecule has 0 saturated carbocycles. The lowest BCUT2D eigenvalue weighted by atomic mass is 10.4. The molecule has 0 N–H and O–H groups in total. The second-order valence-electron chi connectivity index (χ2n) is 2.50. The second kappa shape index (κ2) is 2.09. The highest BCUT2D eigenvalue weighted by Crippen LogP contribution is 2.18. The van der Waals surface area contributed by atoms with Crippen LogP contribution >= 0.6 is 0 Å². The van der Waals surface area contributed by atoms with E-state index in [4.69, 9.17) is 9.47 Å². The van der Waals surface area contributed by atoms with Crippen LogP contribution in [-0.4, -0.2) is 25.3 Å². The van der Waals surface area contributed by atoms with Gasteiger partial charge < -0.3 is 9.47 Å². The quantitative estimate of drug-likeness (QED) is 0.317. The Morgan fingerprint density at radius 3 is 2.90 bits per heavy atom. The van der Waals surface area contributed by atoms with Gasteiger partial charge in [-0.3, -0.25) is 4.79 Å². The van der Waals surface area contributed by atoms with Gasteiger partial charge in [-0.2, -0.15) is 0 Å². The van der Waals surface area contributed by atoms with Crippen molar-refractivity contribution in [3.05, 3.63) is 12.2 Å². The SMILES string of the molecule is O=C(OCC1CO1)C1C=C1. The van der Waals surface area contributed by atoms with Crippen LogP contribution in [0.1, 0.15) is 0 Å². The molecule has 0 radical (unpaired) electrons. The minimum Gasteiger partial charge on any atom is -0.462 e. The molecule has 1 fully saturated rings. The molecule has 1 unspecified atom stereocenters. The van der Waals surface area contributed by atoms with E-state index in [1.54, 1.807) is 0 Å². The lowest BCUT2D eigenvalue weighted by Gasteiger charge is -1.98. The number of carbonyl (C=O) groups is 1. The fraction of sp³-hybridized carbons (Fsp3) is 0.571. The van der Waals surface area contributed by atoms with E-state index in [-0.39, 0.29) is 18.0 Å². The molecule has 3 nitrogen and oxygen atoms in total. The van der Waals surface area contributed by atoms with Gasteiger partial charge in [0.05, 0.1) is 12.5 Å². The third-order valence-electron chi connectivity index (χ3n) is 1.47. The Balaban J connectivity index is 1.63. The van der Waals surface area contributed by atoms with E-state index in [9.17, 15) is 4.79 Å². The van der Waals surface area contributed by atoms with E-state index in [0.29, 0.717) is 6.61 Å². The van der Waals surface area contributed by atoms with Crippen LogP contribution in [-0.2, 0) is 14.3 Å². The summed E-state index contributed by atoms with van der Waals surface area (Å²) in [5.74, 6) is -0.172. The number of epoxide rings is 1. The predicted octanol–water partition coefficient (Wildman–Crippen LogP) is 0.114. The van der Waals surface area contributed by atoms with Crippen LogP contribution in [0, 0.1) is 5.92 Å². The van der Waals surface area contributed by atoms with Crippen LogP contribution < -0.4 is 0 Å². The van der Waals surface area contributed by atoms with Crippen molar-refractivity contribution in [2.75, 3.05) is 13.2 Å². The van der Waals surface area contributed by atoms with Crippen LogP contribution in [0.4, 0.5) is 0 Å². The monoisotopic (exact) mass is 140 g/mol. The zero-order chi connectivity index (χ0) is 6.97. The topological polar surface area (TPSA) is 38.8 Å². The van der Waals surface area contributed by atoms with Gasteiger partial charge in [0.15, 0.2) is 0 Å². The number of esters is 1. The summed E-state index contributed by atoms with van der Waals surface area (Å²) >= 11 is 0. The van der Waals surface area contributed by atoms with Gasteiger partial charge in [-0.25, -0.2) is 0 Å². The van der Waals surface area contributed by atoms with Crippen molar-refractivity contribution in [2.45, 2.75) is 6.10 Å². The van der Waals surface area contributed by atoms with Gasteiger partial charge in [-0.05, 0) is 0 Å². The Kier molecular flexibility index (Phi) is 1.24. The third kappa shape index (κ3) is 1.36. The van der Waals surface area contributed by atoms with Crippen LogP contribution in [0.15, 0.2) is 12.2 Å². The standard InChI is InChI=1S/C7H8O3/c8-7(5-1-2-5)10-4-6-3-9-6/h1-2,5-6H,3-4H2. The fourth-order valence-corrected chi connectivity index (χ4v) is 0.648. The summed E-state index contributed by atoms with van der Waals surface area (Å²) in [6.07, 6.45) is 3.81. The molecule has 0 amide bonds.